The van der Waals surface area contributed by atoms with E-state index in [1.54, 1.807) is 24.3 Å². The zero-order valence-electron chi connectivity index (χ0n) is 15.6. The standard InChI is InChI=1S/C21H25NO5/c1-4-5-8-16-9-6-10-17(13-16)22-21(23)27-19-12-7-11-18(14-19)26-15-20(24-2)25-3/h4,6-7,9-14,20H,1,5,8,15H2,2-3H3,(H,22,23). The largest absolute Gasteiger partial charge is 0.488 e. The summed E-state index contributed by atoms with van der Waals surface area (Å²) in [6.07, 6.45) is 2.58. The van der Waals surface area contributed by atoms with Gasteiger partial charge in [0.1, 0.15) is 18.1 Å². The lowest BCUT2D eigenvalue weighted by atomic mass is 10.1. The Kier molecular flexibility index (Phi) is 8.35. The molecular formula is C21H25NO5. The molecule has 27 heavy (non-hydrogen) atoms. The van der Waals surface area contributed by atoms with Crippen molar-refractivity contribution in [1.29, 1.82) is 0 Å². The Balaban J connectivity index is 1.92. The number of carbonyl (C=O) groups is 1. The molecule has 1 amide bonds. The van der Waals surface area contributed by atoms with E-state index >= 15 is 0 Å². The number of anilines is 1. The van der Waals surface area contributed by atoms with Gasteiger partial charge < -0.3 is 18.9 Å². The Hall–Kier alpha value is -2.83. The predicted molar refractivity (Wildman–Crippen MR) is 104 cm³/mol. The highest BCUT2D eigenvalue weighted by Crippen LogP contribution is 2.21. The summed E-state index contributed by atoms with van der Waals surface area (Å²) in [5, 5.41) is 2.73. The maximum Gasteiger partial charge on any atom is 0.417 e. The van der Waals surface area contributed by atoms with Crippen molar-refractivity contribution in [3.63, 3.8) is 0 Å². The number of methoxy groups -OCH3 is 2. The van der Waals surface area contributed by atoms with Gasteiger partial charge in [0.2, 0.25) is 0 Å². The van der Waals surface area contributed by atoms with Gasteiger partial charge in [-0.25, -0.2) is 4.79 Å². The van der Waals surface area contributed by atoms with Gasteiger partial charge in [0.25, 0.3) is 0 Å². The van der Waals surface area contributed by atoms with Crippen LogP contribution in [-0.2, 0) is 15.9 Å². The molecule has 0 bridgehead atoms. The fraction of sp³-hybridized carbons (Fsp3) is 0.286. The number of nitrogens with one attached hydrogen (secondary N) is 1. The van der Waals surface area contributed by atoms with Crippen LogP contribution in [-0.4, -0.2) is 33.2 Å². The Morgan fingerprint density at radius 3 is 2.59 bits per heavy atom. The minimum Gasteiger partial charge on any atom is -0.488 e. The van der Waals surface area contributed by atoms with E-state index in [0.717, 1.165) is 18.4 Å². The van der Waals surface area contributed by atoms with E-state index in [0.29, 0.717) is 17.2 Å². The summed E-state index contributed by atoms with van der Waals surface area (Å²) in [7, 11) is 3.07. The summed E-state index contributed by atoms with van der Waals surface area (Å²) in [6, 6.07) is 14.4. The molecule has 0 atom stereocenters. The molecule has 0 aliphatic carbocycles. The molecule has 0 unspecified atom stereocenters. The Labute approximate surface area is 159 Å². The third kappa shape index (κ3) is 7.13. The highest BCUT2D eigenvalue weighted by Gasteiger charge is 2.09. The molecule has 0 fully saturated rings. The van der Waals surface area contributed by atoms with Crippen LogP contribution in [0.5, 0.6) is 11.5 Å². The van der Waals surface area contributed by atoms with Gasteiger partial charge in [0.15, 0.2) is 6.29 Å². The lowest BCUT2D eigenvalue weighted by molar-refractivity contribution is -0.121. The first kappa shape index (κ1) is 20.5. The van der Waals surface area contributed by atoms with Crippen LogP contribution in [0, 0.1) is 0 Å². The molecule has 6 heteroatoms. The number of hydrogen-bond acceptors (Lipinski definition) is 5. The van der Waals surface area contributed by atoms with Crippen molar-refractivity contribution < 1.29 is 23.7 Å². The highest BCUT2D eigenvalue weighted by atomic mass is 16.7. The number of ether oxygens (including phenoxy) is 4. The smallest absolute Gasteiger partial charge is 0.417 e. The van der Waals surface area contributed by atoms with Gasteiger partial charge in [-0.15, -0.1) is 6.58 Å². The van der Waals surface area contributed by atoms with E-state index in [1.165, 1.54) is 14.2 Å². The fourth-order valence-corrected chi connectivity index (χ4v) is 2.35. The molecular weight excluding hydrogens is 346 g/mol. The van der Waals surface area contributed by atoms with Gasteiger partial charge in [0.05, 0.1) is 0 Å². The van der Waals surface area contributed by atoms with Crippen molar-refractivity contribution in [3.05, 3.63) is 66.7 Å². The van der Waals surface area contributed by atoms with Gasteiger partial charge in [-0.3, -0.25) is 5.32 Å². The van der Waals surface area contributed by atoms with Gasteiger partial charge in [-0.1, -0.05) is 24.3 Å². The highest BCUT2D eigenvalue weighted by molar-refractivity contribution is 5.86. The zero-order valence-corrected chi connectivity index (χ0v) is 15.6. The summed E-state index contributed by atoms with van der Waals surface area (Å²) in [5.41, 5.74) is 1.80. The molecule has 0 saturated carbocycles. The van der Waals surface area contributed by atoms with Crippen LogP contribution >= 0.6 is 0 Å². The summed E-state index contributed by atoms with van der Waals surface area (Å²) in [5.74, 6) is 0.921. The van der Waals surface area contributed by atoms with Crippen LogP contribution in [0.15, 0.2) is 61.2 Å². The third-order valence-electron chi connectivity index (χ3n) is 3.74. The van der Waals surface area contributed by atoms with E-state index in [1.807, 2.05) is 30.3 Å². The predicted octanol–water partition coefficient (Wildman–Crippen LogP) is 4.41. The first-order chi connectivity index (χ1) is 13.1. The zero-order chi connectivity index (χ0) is 19.5. The Morgan fingerprint density at radius 2 is 1.85 bits per heavy atom. The van der Waals surface area contributed by atoms with E-state index in [-0.39, 0.29) is 6.61 Å². The molecule has 1 N–H and O–H groups in total. The fourth-order valence-electron chi connectivity index (χ4n) is 2.35. The molecule has 0 spiro atoms. The minimum absolute atomic E-state index is 0.222. The summed E-state index contributed by atoms with van der Waals surface area (Å²) in [6.45, 7) is 3.94. The van der Waals surface area contributed by atoms with Crippen LogP contribution in [0.2, 0.25) is 0 Å². The van der Waals surface area contributed by atoms with Crippen molar-refractivity contribution in [2.24, 2.45) is 0 Å². The normalized spacial score (nSPS) is 10.5. The lowest BCUT2D eigenvalue weighted by Gasteiger charge is -2.14. The average molecular weight is 371 g/mol. The van der Waals surface area contributed by atoms with Crippen molar-refractivity contribution in [3.8, 4) is 11.5 Å². The van der Waals surface area contributed by atoms with Gasteiger partial charge >= 0.3 is 6.09 Å². The first-order valence-electron chi connectivity index (χ1n) is 8.61. The maximum absolute atomic E-state index is 12.1. The number of amides is 1. The minimum atomic E-state index is -0.570. The maximum atomic E-state index is 12.1. The quantitative estimate of drug-likeness (QED) is 0.495. The lowest BCUT2D eigenvalue weighted by Crippen LogP contribution is -2.22. The SMILES string of the molecule is C=CCCc1cccc(NC(=O)Oc2cccc(OCC(OC)OC)c2)c1. The van der Waals surface area contributed by atoms with Gasteiger partial charge in [-0.05, 0) is 42.7 Å². The van der Waals surface area contributed by atoms with E-state index in [4.69, 9.17) is 18.9 Å². The van der Waals surface area contributed by atoms with Gasteiger partial charge in [-0.2, -0.15) is 0 Å². The summed E-state index contributed by atoms with van der Waals surface area (Å²) >= 11 is 0. The van der Waals surface area contributed by atoms with Crippen molar-refractivity contribution >= 4 is 11.8 Å². The van der Waals surface area contributed by atoms with E-state index in [9.17, 15) is 4.79 Å². The number of rotatable bonds is 10. The first-order valence-corrected chi connectivity index (χ1v) is 8.61. The molecule has 0 heterocycles. The molecule has 0 aliphatic rings. The molecule has 0 radical (unpaired) electrons. The number of hydrogen-bond donors (Lipinski definition) is 1. The second-order valence-corrected chi connectivity index (χ2v) is 5.73. The molecule has 6 nitrogen and oxygen atoms in total. The summed E-state index contributed by atoms with van der Waals surface area (Å²) < 4.78 is 21.0. The summed E-state index contributed by atoms with van der Waals surface area (Å²) in [4.78, 5) is 12.1. The molecule has 2 aromatic rings. The van der Waals surface area contributed by atoms with E-state index in [2.05, 4.69) is 11.9 Å². The second-order valence-electron chi connectivity index (χ2n) is 5.73. The van der Waals surface area contributed by atoms with Crippen molar-refractivity contribution in [1.82, 2.24) is 0 Å². The Morgan fingerprint density at radius 1 is 1.11 bits per heavy atom. The molecule has 0 aromatic heterocycles. The van der Waals surface area contributed by atoms with Crippen LogP contribution in [0.1, 0.15) is 12.0 Å². The van der Waals surface area contributed by atoms with Crippen LogP contribution in [0.4, 0.5) is 10.5 Å². The Bertz CT molecular complexity index is 743. The second kappa shape index (κ2) is 11.0. The third-order valence-corrected chi connectivity index (χ3v) is 3.74. The van der Waals surface area contributed by atoms with E-state index < -0.39 is 12.4 Å². The van der Waals surface area contributed by atoms with Crippen molar-refractivity contribution in [2.75, 3.05) is 26.1 Å². The average Bonchev–Trinajstić information content (AvgIpc) is 2.67. The molecule has 2 aromatic carbocycles. The van der Waals surface area contributed by atoms with Crippen LogP contribution in [0.25, 0.3) is 0 Å². The topological polar surface area (TPSA) is 66.0 Å². The van der Waals surface area contributed by atoms with Crippen molar-refractivity contribution in [2.45, 2.75) is 19.1 Å². The molecule has 2 rings (SSSR count). The van der Waals surface area contributed by atoms with Crippen LogP contribution in [0.3, 0.4) is 0 Å². The molecule has 0 saturated heterocycles. The number of carbonyl (C=O) groups excluding carboxylic acids is 1. The van der Waals surface area contributed by atoms with Crippen LogP contribution < -0.4 is 14.8 Å². The number of benzene rings is 2. The molecule has 0 aliphatic heterocycles. The number of allylic oxidation sites excluding steroid dienone is 1. The monoisotopic (exact) mass is 371 g/mol. The number of aryl methyl sites for hydroxylation is 1. The molecule has 144 valence electrons. The van der Waals surface area contributed by atoms with Gasteiger partial charge in [0, 0.05) is 26.0 Å².